The molecule has 3 rings (SSSR count). The lowest BCUT2D eigenvalue weighted by atomic mass is 10.00. The number of rotatable bonds is 7. The smallest absolute Gasteiger partial charge is 0.239 e. The summed E-state index contributed by atoms with van der Waals surface area (Å²) in [7, 11) is 0. The van der Waals surface area contributed by atoms with E-state index in [9.17, 15) is 4.79 Å². The summed E-state index contributed by atoms with van der Waals surface area (Å²) in [5.41, 5.74) is 10.2. The van der Waals surface area contributed by atoms with Crippen LogP contribution in [0.2, 0.25) is 0 Å². The molecule has 0 bridgehead atoms. The molecule has 0 saturated heterocycles. The van der Waals surface area contributed by atoms with Crippen LogP contribution in [0.25, 0.3) is 0 Å². The van der Waals surface area contributed by atoms with Crippen molar-refractivity contribution in [2.75, 3.05) is 30.3 Å². The fourth-order valence-electron chi connectivity index (χ4n) is 3.25. The lowest BCUT2D eigenvalue weighted by Gasteiger charge is -2.31. The summed E-state index contributed by atoms with van der Waals surface area (Å²) in [5.74, 6) is 0.885. The molecule has 0 radical (unpaired) electrons. The second kappa shape index (κ2) is 8.61. The Morgan fingerprint density at radius 2 is 2.04 bits per heavy atom. The monoisotopic (exact) mass is 353 g/mol. The Bertz CT molecular complexity index is 743. The number of nitrogens with two attached hydrogens (primary N) is 1. The van der Waals surface area contributed by atoms with Gasteiger partial charge in [-0.05, 0) is 54.7 Å². The SMILES string of the molecule is CCCOc1ccc(CNC(=O)CN2CCCc3c(N)cccc32)cc1. The molecule has 0 aliphatic carbocycles. The Labute approximate surface area is 155 Å². The number of nitrogens with one attached hydrogen (secondary N) is 1. The quantitative estimate of drug-likeness (QED) is 0.751. The molecule has 0 saturated carbocycles. The minimum atomic E-state index is 0.0200. The molecular weight excluding hydrogens is 326 g/mol. The van der Waals surface area contributed by atoms with Gasteiger partial charge < -0.3 is 20.7 Å². The number of carbonyl (C=O) groups excluding carboxylic acids is 1. The molecule has 2 aromatic rings. The number of benzene rings is 2. The molecule has 0 atom stereocenters. The molecular formula is C21H27N3O2. The minimum Gasteiger partial charge on any atom is -0.494 e. The van der Waals surface area contributed by atoms with E-state index in [0.717, 1.165) is 60.7 Å². The van der Waals surface area contributed by atoms with Crippen molar-refractivity contribution in [2.24, 2.45) is 0 Å². The lowest BCUT2D eigenvalue weighted by Crippen LogP contribution is -2.39. The van der Waals surface area contributed by atoms with Gasteiger partial charge >= 0.3 is 0 Å². The van der Waals surface area contributed by atoms with Crippen LogP contribution >= 0.6 is 0 Å². The molecule has 2 aromatic carbocycles. The molecule has 1 heterocycles. The molecule has 3 N–H and O–H groups in total. The first-order valence-electron chi connectivity index (χ1n) is 9.28. The second-order valence-corrected chi connectivity index (χ2v) is 6.64. The van der Waals surface area contributed by atoms with Gasteiger partial charge in [-0.15, -0.1) is 0 Å². The molecule has 5 heteroatoms. The van der Waals surface area contributed by atoms with Crippen LogP contribution in [0, 0.1) is 0 Å². The Balaban J connectivity index is 1.53. The molecule has 26 heavy (non-hydrogen) atoms. The van der Waals surface area contributed by atoms with Gasteiger partial charge in [-0.3, -0.25) is 4.79 Å². The van der Waals surface area contributed by atoms with E-state index in [1.165, 1.54) is 0 Å². The Morgan fingerprint density at radius 3 is 2.81 bits per heavy atom. The van der Waals surface area contributed by atoms with Crippen LogP contribution in [-0.2, 0) is 17.8 Å². The first-order valence-corrected chi connectivity index (χ1v) is 9.28. The number of ether oxygens (including phenoxy) is 1. The van der Waals surface area contributed by atoms with Crippen LogP contribution < -0.4 is 20.7 Å². The fraction of sp³-hybridized carbons (Fsp3) is 0.381. The topological polar surface area (TPSA) is 67.6 Å². The van der Waals surface area contributed by atoms with E-state index in [1.54, 1.807) is 0 Å². The zero-order chi connectivity index (χ0) is 18.4. The Morgan fingerprint density at radius 1 is 1.23 bits per heavy atom. The summed E-state index contributed by atoms with van der Waals surface area (Å²) in [4.78, 5) is 14.5. The van der Waals surface area contributed by atoms with Crippen LogP contribution in [-0.4, -0.2) is 25.6 Å². The highest BCUT2D eigenvalue weighted by atomic mass is 16.5. The van der Waals surface area contributed by atoms with Crippen LogP contribution in [0.15, 0.2) is 42.5 Å². The maximum absolute atomic E-state index is 12.4. The normalized spacial score (nSPS) is 13.2. The summed E-state index contributed by atoms with van der Waals surface area (Å²) in [5, 5.41) is 3.00. The summed E-state index contributed by atoms with van der Waals surface area (Å²) in [6, 6.07) is 13.8. The standard InChI is InChI=1S/C21H27N3O2/c1-2-13-26-17-10-8-16(9-11-17)14-23-21(25)15-24-12-4-5-18-19(22)6-3-7-20(18)24/h3,6-11H,2,4-5,12-15,22H2,1H3,(H,23,25). The number of amides is 1. The summed E-state index contributed by atoms with van der Waals surface area (Å²) in [6.45, 7) is 4.56. The maximum Gasteiger partial charge on any atom is 0.239 e. The van der Waals surface area contributed by atoms with Gasteiger partial charge in [0.2, 0.25) is 5.91 Å². The Kier molecular flexibility index (Phi) is 6.00. The van der Waals surface area contributed by atoms with Crippen molar-refractivity contribution < 1.29 is 9.53 Å². The molecule has 0 spiro atoms. The number of fused-ring (bicyclic) bond motifs is 1. The van der Waals surface area contributed by atoms with E-state index in [2.05, 4.69) is 17.1 Å². The van der Waals surface area contributed by atoms with Gasteiger partial charge in [0.1, 0.15) is 5.75 Å². The van der Waals surface area contributed by atoms with Crippen LogP contribution in [0.3, 0.4) is 0 Å². The second-order valence-electron chi connectivity index (χ2n) is 6.64. The highest BCUT2D eigenvalue weighted by Crippen LogP contribution is 2.30. The number of anilines is 2. The molecule has 0 unspecified atom stereocenters. The number of nitrogens with zero attached hydrogens (tertiary/aromatic N) is 1. The van der Waals surface area contributed by atoms with E-state index in [1.807, 2.05) is 42.5 Å². The lowest BCUT2D eigenvalue weighted by molar-refractivity contribution is -0.119. The highest BCUT2D eigenvalue weighted by molar-refractivity contribution is 5.82. The van der Waals surface area contributed by atoms with E-state index < -0.39 is 0 Å². The maximum atomic E-state index is 12.4. The van der Waals surface area contributed by atoms with E-state index in [0.29, 0.717) is 13.1 Å². The average Bonchev–Trinajstić information content (AvgIpc) is 2.66. The number of hydrogen-bond acceptors (Lipinski definition) is 4. The largest absolute Gasteiger partial charge is 0.494 e. The van der Waals surface area contributed by atoms with E-state index >= 15 is 0 Å². The van der Waals surface area contributed by atoms with Crippen molar-refractivity contribution in [1.82, 2.24) is 5.32 Å². The third-order valence-electron chi connectivity index (χ3n) is 4.60. The minimum absolute atomic E-state index is 0.0200. The van der Waals surface area contributed by atoms with Crippen molar-refractivity contribution in [1.29, 1.82) is 0 Å². The molecule has 1 aliphatic heterocycles. The number of hydrogen-bond donors (Lipinski definition) is 2. The zero-order valence-electron chi connectivity index (χ0n) is 15.3. The molecule has 138 valence electrons. The van der Waals surface area contributed by atoms with Crippen LogP contribution in [0.1, 0.15) is 30.9 Å². The number of carbonyl (C=O) groups is 1. The van der Waals surface area contributed by atoms with Crippen LogP contribution in [0.5, 0.6) is 5.75 Å². The predicted molar refractivity (Wildman–Crippen MR) is 105 cm³/mol. The van der Waals surface area contributed by atoms with Crippen molar-refractivity contribution in [3.8, 4) is 5.75 Å². The third-order valence-corrected chi connectivity index (χ3v) is 4.60. The Hall–Kier alpha value is -2.69. The molecule has 0 fully saturated rings. The first kappa shape index (κ1) is 18.1. The van der Waals surface area contributed by atoms with Gasteiger partial charge in [0, 0.05) is 24.5 Å². The summed E-state index contributed by atoms with van der Waals surface area (Å²) >= 11 is 0. The number of nitrogen functional groups attached to an aromatic ring is 1. The highest BCUT2D eigenvalue weighted by Gasteiger charge is 2.20. The molecule has 0 aromatic heterocycles. The summed E-state index contributed by atoms with van der Waals surface area (Å²) in [6.07, 6.45) is 2.99. The van der Waals surface area contributed by atoms with Gasteiger partial charge in [0.05, 0.1) is 13.2 Å². The fourth-order valence-corrected chi connectivity index (χ4v) is 3.25. The van der Waals surface area contributed by atoms with Gasteiger partial charge in [-0.1, -0.05) is 25.1 Å². The van der Waals surface area contributed by atoms with Crippen molar-refractivity contribution in [3.05, 3.63) is 53.6 Å². The molecule has 1 aliphatic rings. The van der Waals surface area contributed by atoms with Crippen molar-refractivity contribution >= 4 is 17.3 Å². The average molecular weight is 353 g/mol. The first-order chi connectivity index (χ1) is 12.7. The van der Waals surface area contributed by atoms with Gasteiger partial charge in [0.15, 0.2) is 0 Å². The van der Waals surface area contributed by atoms with Gasteiger partial charge in [-0.2, -0.15) is 0 Å². The van der Waals surface area contributed by atoms with Gasteiger partial charge in [-0.25, -0.2) is 0 Å². The van der Waals surface area contributed by atoms with Gasteiger partial charge in [0.25, 0.3) is 0 Å². The van der Waals surface area contributed by atoms with E-state index in [-0.39, 0.29) is 5.91 Å². The predicted octanol–water partition coefficient (Wildman–Crippen LogP) is 3.13. The van der Waals surface area contributed by atoms with E-state index in [4.69, 9.17) is 10.5 Å². The van der Waals surface area contributed by atoms with Crippen LogP contribution in [0.4, 0.5) is 11.4 Å². The zero-order valence-corrected chi connectivity index (χ0v) is 15.3. The summed E-state index contributed by atoms with van der Waals surface area (Å²) < 4.78 is 5.57. The van der Waals surface area contributed by atoms with Crippen molar-refractivity contribution in [2.45, 2.75) is 32.7 Å². The molecule has 1 amide bonds. The molecule has 5 nitrogen and oxygen atoms in total. The van der Waals surface area contributed by atoms with Crippen molar-refractivity contribution in [3.63, 3.8) is 0 Å². The third kappa shape index (κ3) is 4.48.